The van der Waals surface area contributed by atoms with Crippen LogP contribution in [0, 0.1) is 0 Å². The first-order valence-corrected chi connectivity index (χ1v) is 16.1. The highest BCUT2D eigenvalue weighted by Crippen LogP contribution is 2.29. The summed E-state index contributed by atoms with van der Waals surface area (Å²) in [6, 6.07) is 7.97. The van der Waals surface area contributed by atoms with Gasteiger partial charge in [-0.05, 0) is 48.5 Å². The molecule has 12 nitrogen and oxygen atoms in total. The molecular formula is C22H28N2O10S4. The summed E-state index contributed by atoms with van der Waals surface area (Å²) in [7, 11) is -1.36. The maximum Gasteiger partial charge on any atom is 0.322 e. The van der Waals surface area contributed by atoms with E-state index in [1.165, 1.54) is 62.8 Å². The molecule has 0 radical (unpaired) electrons. The summed E-state index contributed by atoms with van der Waals surface area (Å²) < 4.78 is 63.2. The molecule has 0 heterocycles. The van der Waals surface area contributed by atoms with E-state index in [9.17, 15) is 36.6 Å². The molecule has 0 amide bonds. The predicted octanol–water partition coefficient (Wildman–Crippen LogP) is 1.93. The molecule has 0 unspecified atom stereocenters. The van der Waals surface area contributed by atoms with Crippen molar-refractivity contribution in [2.45, 2.75) is 21.9 Å². The minimum atomic E-state index is -4.16. The molecule has 210 valence electrons. The second-order valence-electron chi connectivity index (χ2n) is 7.67. The first kappa shape index (κ1) is 31.7. The van der Waals surface area contributed by atoms with Gasteiger partial charge in [-0.1, -0.05) is 21.6 Å². The predicted molar refractivity (Wildman–Crippen MR) is 144 cm³/mol. The molecule has 2 aromatic carbocycles. The average molecular weight is 609 g/mol. The largest absolute Gasteiger partial charge is 0.497 e. The smallest absolute Gasteiger partial charge is 0.322 e. The van der Waals surface area contributed by atoms with Crippen molar-refractivity contribution >= 4 is 53.6 Å². The van der Waals surface area contributed by atoms with Crippen molar-refractivity contribution in [1.29, 1.82) is 0 Å². The van der Waals surface area contributed by atoms with Gasteiger partial charge in [-0.15, -0.1) is 0 Å². The van der Waals surface area contributed by atoms with Gasteiger partial charge < -0.3 is 19.7 Å². The lowest BCUT2D eigenvalue weighted by atomic mass is 10.3. The Hall–Kier alpha value is -2.50. The number of benzene rings is 2. The maximum atomic E-state index is 12.9. The van der Waals surface area contributed by atoms with Gasteiger partial charge in [-0.25, -0.2) is 16.8 Å². The van der Waals surface area contributed by atoms with Gasteiger partial charge in [0.15, 0.2) is 0 Å². The van der Waals surface area contributed by atoms with Crippen molar-refractivity contribution in [2.24, 2.45) is 0 Å². The van der Waals surface area contributed by atoms with Gasteiger partial charge in [-0.2, -0.15) is 8.61 Å². The minimum absolute atomic E-state index is 0.124. The zero-order valence-electron chi connectivity index (χ0n) is 20.9. The average Bonchev–Trinajstić information content (AvgIpc) is 2.89. The van der Waals surface area contributed by atoms with Gasteiger partial charge in [0.25, 0.3) is 0 Å². The summed E-state index contributed by atoms with van der Waals surface area (Å²) >= 11 is 0. The standard InChI is InChI=1S/C22H28N2O10S4/c1-23(37(29,30)17-9-5-15(33-3)6-10-17)19(21(25)26)13-35-36-14-20(22(27)28)24(2)38(31,32)18-11-7-16(34-4)8-12-18/h5-12,19-20H,13-14H2,1-4H3,(H,25,26)(H,27,28)/t19-,20-/m0/s1. The van der Waals surface area contributed by atoms with E-state index in [-0.39, 0.29) is 21.3 Å². The van der Waals surface area contributed by atoms with Gasteiger partial charge in [-0.3, -0.25) is 9.59 Å². The van der Waals surface area contributed by atoms with Gasteiger partial charge in [0, 0.05) is 25.6 Å². The third-order valence-electron chi connectivity index (χ3n) is 5.46. The molecule has 0 saturated heterocycles. The third kappa shape index (κ3) is 7.54. The van der Waals surface area contributed by atoms with Crippen molar-refractivity contribution in [3.05, 3.63) is 48.5 Å². The summed E-state index contributed by atoms with van der Waals surface area (Å²) in [4.78, 5) is 23.5. The molecule has 2 aromatic rings. The minimum Gasteiger partial charge on any atom is -0.497 e. The molecule has 0 aliphatic rings. The van der Waals surface area contributed by atoms with E-state index >= 15 is 0 Å². The number of sulfonamides is 2. The highest BCUT2D eigenvalue weighted by Gasteiger charge is 2.35. The molecule has 0 aliphatic heterocycles. The van der Waals surface area contributed by atoms with E-state index < -0.39 is 44.1 Å². The van der Waals surface area contributed by atoms with E-state index in [0.717, 1.165) is 44.3 Å². The van der Waals surface area contributed by atoms with Crippen LogP contribution in [0.25, 0.3) is 0 Å². The summed E-state index contributed by atoms with van der Waals surface area (Å²) in [6.07, 6.45) is 0. The maximum absolute atomic E-state index is 12.9. The highest BCUT2D eigenvalue weighted by atomic mass is 33.1. The van der Waals surface area contributed by atoms with Gasteiger partial charge in [0.05, 0.1) is 24.0 Å². The van der Waals surface area contributed by atoms with Crippen LogP contribution in [-0.4, -0.2) is 99.5 Å². The van der Waals surface area contributed by atoms with Gasteiger partial charge in [0.1, 0.15) is 23.6 Å². The molecule has 0 aliphatic carbocycles. The Labute approximate surface area is 229 Å². The van der Waals surface area contributed by atoms with Crippen molar-refractivity contribution in [2.75, 3.05) is 39.8 Å². The Kier molecular flexibility index (Phi) is 11.3. The van der Waals surface area contributed by atoms with Crippen molar-refractivity contribution in [3.8, 4) is 11.5 Å². The van der Waals surface area contributed by atoms with Crippen molar-refractivity contribution < 1.29 is 46.1 Å². The summed E-state index contributed by atoms with van der Waals surface area (Å²) in [6.45, 7) is 0. The van der Waals surface area contributed by atoms with Crippen LogP contribution in [0.1, 0.15) is 0 Å². The van der Waals surface area contributed by atoms with Crippen LogP contribution in [0.5, 0.6) is 11.5 Å². The normalized spacial score (nSPS) is 13.7. The monoisotopic (exact) mass is 608 g/mol. The zero-order chi connectivity index (χ0) is 28.7. The topological polar surface area (TPSA) is 168 Å². The first-order chi connectivity index (χ1) is 17.8. The van der Waals surface area contributed by atoms with Crippen molar-refractivity contribution in [1.82, 2.24) is 8.61 Å². The Bertz CT molecular complexity index is 1210. The lowest BCUT2D eigenvalue weighted by Crippen LogP contribution is -2.44. The molecule has 38 heavy (non-hydrogen) atoms. The number of rotatable bonds is 15. The van der Waals surface area contributed by atoms with Crippen LogP contribution in [0.2, 0.25) is 0 Å². The number of hydrogen-bond donors (Lipinski definition) is 2. The van der Waals surface area contributed by atoms with Gasteiger partial charge in [0.2, 0.25) is 20.0 Å². The summed E-state index contributed by atoms with van der Waals surface area (Å²) in [5, 5.41) is 19.3. The number of ether oxygens (including phenoxy) is 2. The molecule has 0 bridgehead atoms. The number of carboxylic acids is 2. The molecule has 2 atom stereocenters. The fraction of sp³-hybridized carbons (Fsp3) is 0.364. The molecule has 16 heteroatoms. The number of carboxylic acid groups (broad SMARTS) is 2. The molecule has 2 N–H and O–H groups in total. The summed E-state index contributed by atoms with van der Waals surface area (Å²) in [5.74, 6) is -2.39. The van der Waals surface area contributed by atoms with Crippen molar-refractivity contribution in [3.63, 3.8) is 0 Å². The molecule has 0 saturated carbocycles. The quantitative estimate of drug-likeness (QED) is 0.223. The Morgan fingerprint density at radius 3 is 1.24 bits per heavy atom. The lowest BCUT2D eigenvalue weighted by molar-refractivity contribution is -0.141. The third-order valence-corrected chi connectivity index (χ3v) is 11.6. The molecule has 0 fully saturated rings. The van der Waals surface area contributed by atoms with Crippen LogP contribution in [0.3, 0.4) is 0 Å². The van der Waals surface area contributed by atoms with E-state index in [1.54, 1.807) is 0 Å². The Morgan fingerprint density at radius 1 is 0.711 bits per heavy atom. The fourth-order valence-corrected chi connectivity index (χ4v) is 8.40. The number of aliphatic carboxylic acids is 2. The van der Waals surface area contributed by atoms with Crippen LogP contribution < -0.4 is 9.47 Å². The van der Waals surface area contributed by atoms with E-state index in [0.29, 0.717) is 11.5 Å². The zero-order valence-corrected chi connectivity index (χ0v) is 24.1. The van der Waals surface area contributed by atoms with E-state index in [2.05, 4.69) is 0 Å². The first-order valence-electron chi connectivity index (χ1n) is 10.7. The highest BCUT2D eigenvalue weighted by molar-refractivity contribution is 8.76. The second-order valence-corrected chi connectivity index (χ2v) is 14.2. The van der Waals surface area contributed by atoms with E-state index in [4.69, 9.17) is 9.47 Å². The molecular weight excluding hydrogens is 581 g/mol. The summed E-state index contributed by atoms with van der Waals surface area (Å²) in [5.41, 5.74) is 0. The van der Waals surface area contributed by atoms with Gasteiger partial charge >= 0.3 is 11.9 Å². The molecule has 0 spiro atoms. The molecule has 2 rings (SSSR count). The Morgan fingerprint density at radius 2 is 1.00 bits per heavy atom. The number of likely N-dealkylation sites (N-methyl/N-ethyl adjacent to an activating group) is 2. The fourth-order valence-electron chi connectivity index (χ4n) is 3.05. The SMILES string of the molecule is COc1ccc(S(=O)(=O)N(C)[C@@H](CSSC[C@@H](C(=O)O)N(C)S(=O)(=O)c2ccc(OC)cc2)C(=O)O)cc1. The molecule has 0 aromatic heterocycles. The number of nitrogens with zero attached hydrogens (tertiary/aromatic N) is 2. The lowest BCUT2D eigenvalue weighted by Gasteiger charge is -2.25. The van der Waals surface area contributed by atoms with E-state index in [1.807, 2.05) is 0 Å². The van der Waals surface area contributed by atoms with Crippen LogP contribution in [0.4, 0.5) is 0 Å². The van der Waals surface area contributed by atoms with Crippen LogP contribution in [-0.2, 0) is 29.6 Å². The number of hydrogen-bond acceptors (Lipinski definition) is 10. The Balaban J connectivity index is 2.08. The van der Waals surface area contributed by atoms with Crippen LogP contribution >= 0.6 is 21.6 Å². The van der Waals surface area contributed by atoms with Crippen LogP contribution in [0.15, 0.2) is 58.3 Å². The number of methoxy groups -OCH3 is 2. The number of carbonyl (C=O) groups is 2. The second kappa shape index (κ2) is 13.5.